The quantitative estimate of drug-likeness (QED) is 0.451. The van der Waals surface area contributed by atoms with E-state index in [1.54, 1.807) is 12.4 Å². The van der Waals surface area contributed by atoms with Crippen LogP contribution in [0.25, 0.3) is 0 Å². The fourth-order valence-electron chi connectivity index (χ4n) is 2.54. The minimum atomic E-state index is 0.413. The largest absolute Gasteiger partial charge is 0.457 e. The third-order valence-corrected chi connectivity index (χ3v) is 3.90. The lowest BCUT2D eigenvalue weighted by atomic mass is 10.3. The predicted molar refractivity (Wildman–Crippen MR) is 110 cm³/mol. The number of anilines is 5. The van der Waals surface area contributed by atoms with Crippen molar-refractivity contribution in [2.75, 3.05) is 16.4 Å². The molecule has 0 radical (unpaired) electrons. The summed E-state index contributed by atoms with van der Waals surface area (Å²) in [5.41, 5.74) is 8.25. The first-order valence-corrected chi connectivity index (χ1v) is 8.65. The number of hydrogen-bond donors (Lipinski definition) is 3. The molecule has 2 aromatic heterocycles. The summed E-state index contributed by atoms with van der Waals surface area (Å²) >= 11 is 0. The van der Waals surface area contributed by atoms with Gasteiger partial charge in [-0.15, -0.1) is 0 Å². The van der Waals surface area contributed by atoms with Gasteiger partial charge in [0.2, 0.25) is 0 Å². The van der Waals surface area contributed by atoms with Crippen molar-refractivity contribution in [3.05, 3.63) is 85.5 Å². The Morgan fingerprint density at radius 1 is 0.714 bits per heavy atom. The van der Waals surface area contributed by atoms with Crippen LogP contribution >= 0.6 is 0 Å². The molecule has 0 amide bonds. The molecule has 0 aliphatic rings. The summed E-state index contributed by atoms with van der Waals surface area (Å²) in [5, 5.41) is 6.34. The van der Waals surface area contributed by atoms with E-state index in [9.17, 15) is 0 Å². The highest BCUT2D eigenvalue weighted by Crippen LogP contribution is 2.29. The van der Waals surface area contributed by atoms with E-state index in [0.29, 0.717) is 17.3 Å². The molecule has 0 unspecified atom stereocenters. The molecule has 7 nitrogen and oxygen atoms in total. The minimum Gasteiger partial charge on any atom is -0.457 e. The van der Waals surface area contributed by atoms with Crippen LogP contribution in [0.2, 0.25) is 0 Å². The van der Waals surface area contributed by atoms with E-state index in [1.807, 2.05) is 66.7 Å². The maximum Gasteiger partial charge on any atom is 0.159 e. The Labute approximate surface area is 162 Å². The summed E-state index contributed by atoms with van der Waals surface area (Å²) in [6.07, 6.45) is 4.84. The second kappa shape index (κ2) is 8.05. The molecule has 0 fully saturated rings. The number of para-hydroxylation sites is 1. The van der Waals surface area contributed by atoms with Crippen molar-refractivity contribution < 1.29 is 4.74 Å². The number of nitrogens with zero attached hydrogens (tertiary/aromatic N) is 3. The summed E-state index contributed by atoms with van der Waals surface area (Å²) in [5.74, 6) is 2.55. The van der Waals surface area contributed by atoms with Crippen LogP contribution in [-0.4, -0.2) is 15.0 Å². The minimum absolute atomic E-state index is 0.413. The van der Waals surface area contributed by atoms with Crippen molar-refractivity contribution in [1.29, 1.82) is 0 Å². The van der Waals surface area contributed by atoms with Crippen LogP contribution in [0.5, 0.6) is 11.5 Å². The standard InChI is InChI=1S/C21H18N6O/c22-19-20(24-14-25-21(19)27-16-5-4-12-23-13-16)26-15-8-10-18(11-9-15)28-17-6-2-1-3-7-17/h1-14H,22H2,(H2,24,25,26,27). The Balaban J connectivity index is 1.47. The number of nitrogens with two attached hydrogens (primary N) is 1. The molecule has 0 saturated heterocycles. The predicted octanol–water partition coefficient (Wildman–Crippen LogP) is 4.73. The van der Waals surface area contributed by atoms with Gasteiger partial charge in [0.05, 0.1) is 11.9 Å². The second-order valence-electron chi connectivity index (χ2n) is 5.92. The van der Waals surface area contributed by atoms with E-state index in [1.165, 1.54) is 6.33 Å². The van der Waals surface area contributed by atoms with E-state index in [2.05, 4.69) is 25.6 Å². The second-order valence-corrected chi connectivity index (χ2v) is 5.92. The number of pyridine rings is 1. The van der Waals surface area contributed by atoms with Crippen molar-refractivity contribution >= 4 is 28.7 Å². The Morgan fingerprint density at radius 2 is 1.39 bits per heavy atom. The number of aromatic nitrogens is 3. The number of nitrogens with one attached hydrogen (secondary N) is 2. The summed E-state index contributed by atoms with van der Waals surface area (Å²) in [6, 6.07) is 20.9. The van der Waals surface area contributed by atoms with Gasteiger partial charge in [0.15, 0.2) is 11.6 Å². The number of nitrogen functional groups attached to an aromatic ring is 1. The highest BCUT2D eigenvalue weighted by atomic mass is 16.5. The summed E-state index contributed by atoms with van der Waals surface area (Å²) < 4.78 is 5.80. The molecule has 138 valence electrons. The molecule has 4 aromatic rings. The first-order chi connectivity index (χ1) is 13.8. The van der Waals surface area contributed by atoms with Gasteiger partial charge in [-0.1, -0.05) is 18.2 Å². The fraction of sp³-hybridized carbons (Fsp3) is 0. The average molecular weight is 370 g/mol. The Hall–Kier alpha value is -4.13. The number of ether oxygens (including phenoxy) is 1. The van der Waals surface area contributed by atoms with Gasteiger partial charge in [-0.3, -0.25) is 4.98 Å². The van der Waals surface area contributed by atoms with Crippen LogP contribution in [0, 0.1) is 0 Å². The van der Waals surface area contributed by atoms with Crippen molar-refractivity contribution in [1.82, 2.24) is 15.0 Å². The maximum absolute atomic E-state index is 6.22. The third kappa shape index (κ3) is 4.16. The van der Waals surface area contributed by atoms with Gasteiger partial charge in [-0.2, -0.15) is 0 Å². The highest BCUT2D eigenvalue weighted by Gasteiger charge is 2.09. The molecule has 0 saturated carbocycles. The van der Waals surface area contributed by atoms with Crippen LogP contribution in [-0.2, 0) is 0 Å². The van der Waals surface area contributed by atoms with Crippen molar-refractivity contribution in [3.8, 4) is 11.5 Å². The topological polar surface area (TPSA) is 98.0 Å². The van der Waals surface area contributed by atoms with Gasteiger partial charge >= 0.3 is 0 Å². The van der Waals surface area contributed by atoms with Gasteiger partial charge < -0.3 is 21.1 Å². The molecule has 7 heteroatoms. The summed E-state index contributed by atoms with van der Waals surface area (Å²) in [6.45, 7) is 0. The first-order valence-electron chi connectivity index (χ1n) is 8.65. The zero-order valence-electron chi connectivity index (χ0n) is 14.9. The summed E-state index contributed by atoms with van der Waals surface area (Å²) in [4.78, 5) is 12.5. The molecule has 2 aromatic carbocycles. The van der Waals surface area contributed by atoms with Crippen molar-refractivity contribution in [2.24, 2.45) is 0 Å². The van der Waals surface area contributed by atoms with Crippen LogP contribution < -0.4 is 21.1 Å². The molecular formula is C21H18N6O. The normalized spacial score (nSPS) is 10.3. The Kier molecular flexibility index (Phi) is 4.97. The number of hydrogen-bond acceptors (Lipinski definition) is 7. The van der Waals surface area contributed by atoms with Crippen LogP contribution in [0.3, 0.4) is 0 Å². The highest BCUT2D eigenvalue weighted by molar-refractivity contribution is 5.80. The van der Waals surface area contributed by atoms with Gasteiger partial charge in [-0.05, 0) is 48.5 Å². The van der Waals surface area contributed by atoms with Gasteiger partial charge in [-0.25, -0.2) is 9.97 Å². The molecule has 0 spiro atoms. The zero-order valence-corrected chi connectivity index (χ0v) is 14.9. The Bertz CT molecular complexity index is 1040. The van der Waals surface area contributed by atoms with E-state index in [0.717, 1.165) is 22.9 Å². The van der Waals surface area contributed by atoms with Gasteiger partial charge in [0.1, 0.15) is 23.5 Å². The molecule has 28 heavy (non-hydrogen) atoms. The lowest BCUT2D eigenvalue weighted by molar-refractivity contribution is 0.483. The lowest BCUT2D eigenvalue weighted by Crippen LogP contribution is -2.05. The molecule has 4 rings (SSSR count). The monoisotopic (exact) mass is 370 g/mol. The number of rotatable bonds is 6. The molecule has 0 aliphatic carbocycles. The van der Waals surface area contributed by atoms with E-state index in [4.69, 9.17) is 10.5 Å². The molecule has 2 heterocycles. The molecular weight excluding hydrogens is 352 g/mol. The fourth-order valence-corrected chi connectivity index (χ4v) is 2.54. The zero-order chi connectivity index (χ0) is 19.2. The third-order valence-electron chi connectivity index (χ3n) is 3.90. The SMILES string of the molecule is Nc1c(Nc2ccc(Oc3ccccc3)cc2)ncnc1Nc1cccnc1. The molecule has 0 bridgehead atoms. The maximum atomic E-state index is 6.22. The molecule has 0 aliphatic heterocycles. The molecule has 4 N–H and O–H groups in total. The van der Waals surface area contributed by atoms with Crippen molar-refractivity contribution in [2.45, 2.75) is 0 Å². The van der Waals surface area contributed by atoms with Crippen LogP contribution in [0.4, 0.5) is 28.7 Å². The lowest BCUT2D eigenvalue weighted by Gasteiger charge is -2.13. The smallest absolute Gasteiger partial charge is 0.159 e. The van der Waals surface area contributed by atoms with Crippen molar-refractivity contribution in [3.63, 3.8) is 0 Å². The van der Waals surface area contributed by atoms with E-state index in [-0.39, 0.29) is 0 Å². The number of benzene rings is 2. The summed E-state index contributed by atoms with van der Waals surface area (Å²) in [7, 11) is 0. The van der Waals surface area contributed by atoms with Crippen LogP contribution in [0.15, 0.2) is 85.5 Å². The van der Waals surface area contributed by atoms with E-state index < -0.39 is 0 Å². The Morgan fingerprint density at radius 3 is 2.07 bits per heavy atom. The van der Waals surface area contributed by atoms with E-state index >= 15 is 0 Å². The van der Waals surface area contributed by atoms with Gasteiger partial charge in [0, 0.05) is 11.9 Å². The van der Waals surface area contributed by atoms with Gasteiger partial charge in [0.25, 0.3) is 0 Å². The average Bonchev–Trinajstić information content (AvgIpc) is 2.74. The molecule has 0 atom stereocenters. The van der Waals surface area contributed by atoms with Crippen LogP contribution in [0.1, 0.15) is 0 Å². The first kappa shape index (κ1) is 17.3.